The zero-order valence-electron chi connectivity index (χ0n) is 69.1. The van der Waals surface area contributed by atoms with Crippen LogP contribution in [0, 0.1) is 0 Å². The minimum Gasteiger partial charge on any atom is -0.323 e. The molecule has 0 N–H and O–H groups in total. The van der Waals surface area contributed by atoms with Crippen molar-refractivity contribution in [3.8, 4) is 0 Å². The normalized spacial score (nSPS) is 17.1. The molecule has 8 heterocycles. The summed E-state index contributed by atoms with van der Waals surface area (Å²) in [6, 6.07) is 74.3. The van der Waals surface area contributed by atoms with Crippen molar-refractivity contribution >= 4 is 88.4 Å². The average molecular weight is 1460 g/mol. The van der Waals surface area contributed by atoms with Crippen LogP contribution in [0.1, 0.15) is 204 Å². The van der Waals surface area contributed by atoms with Crippen molar-refractivity contribution in [2.75, 3.05) is 0 Å². The van der Waals surface area contributed by atoms with Crippen LogP contribution in [0.15, 0.2) is 308 Å². The molecule has 8 aliphatic carbocycles. The van der Waals surface area contributed by atoms with Crippen LogP contribution in [-0.2, 0) is 51.4 Å². The lowest BCUT2D eigenvalue weighted by Gasteiger charge is -2.05. The highest BCUT2D eigenvalue weighted by atomic mass is 15.0. The summed E-state index contributed by atoms with van der Waals surface area (Å²) in [5, 5.41) is 8.24. The van der Waals surface area contributed by atoms with Gasteiger partial charge in [-0.1, -0.05) is 215 Å². The maximum atomic E-state index is 2.38. The van der Waals surface area contributed by atoms with E-state index in [0.29, 0.717) is 0 Å². The summed E-state index contributed by atoms with van der Waals surface area (Å²) in [7, 11) is 0. The van der Waals surface area contributed by atoms with E-state index in [0.717, 1.165) is 38.5 Å². The van der Waals surface area contributed by atoms with Gasteiger partial charge in [0.2, 0.25) is 0 Å². The fourth-order valence-electron chi connectivity index (χ4n) is 19.9. The van der Waals surface area contributed by atoms with Gasteiger partial charge in [-0.15, -0.1) is 0 Å². The minimum absolute atomic E-state index is 1.11. The van der Waals surface area contributed by atoms with Gasteiger partial charge in [0.15, 0.2) is 0 Å². The summed E-state index contributed by atoms with van der Waals surface area (Å²) in [4.78, 5) is 0. The Kier molecular flexibility index (Phi) is 19.6. The van der Waals surface area contributed by atoms with E-state index in [1.807, 2.05) is 0 Å². The molecule has 0 saturated carbocycles. The molecule has 4 aliphatic heterocycles. The first-order chi connectivity index (χ1) is 54.2. The maximum absolute atomic E-state index is 2.38. The number of aromatic nitrogens is 4. The third kappa shape index (κ3) is 13.1. The second-order valence-corrected chi connectivity index (χ2v) is 33.8. The summed E-state index contributed by atoms with van der Waals surface area (Å²) in [5.41, 5.74) is 57.2. The second-order valence-electron chi connectivity index (χ2n) is 33.8. The predicted molar refractivity (Wildman–Crippen MR) is 481 cm³/mol. The zero-order chi connectivity index (χ0) is 77.7. The van der Waals surface area contributed by atoms with Gasteiger partial charge < -0.3 is 18.3 Å². The summed E-state index contributed by atoms with van der Waals surface area (Å²) in [6.07, 6.45) is 18.4. The van der Waals surface area contributed by atoms with Crippen molar-refractivity contribution in [1.29, 1.82) is 0 Å². The molecule has 8 aromatic carbocycles. The molecule has 0 atom stereocenters. The maximum Gasteiger partial charge on any atom is 0.0528 e. The van der Waals surface area contributed by atoms with Crippen molar-refractivity contribution in [2.24, 2.45) is 0 Å². The standard InChI is InChI=1S/4C14H14.4C13H13N/c2*1-9-7-12-8-11-5-3-4-6-13(11)14(12)10(9)2;2*1-9-7-14-12-6-4-3-5-11(12)8-13(14)10(9)2;2*1-9-7-12-8-11-5-3-4-6-13(11)14(12)10(9)2;2*1-9-7-13-12-6-4-3-5-11(12)8-14(13)10(9)2/h4*3-6H,7-8H2,1-2H3;4*3-6,8H,7H2,1-2H3. The molecule has 0 bridgehead atoms. The lowest BCUT2D eigenvalue weighted by atomic mass is 9.99. The molecule has 560 valence electrons. The van der Waals surface area contributed by atoms with E-state index in [9.17, 15) is 0 Å². The quantitative estimate of drug-likeness (QED) is 0.144. The molecule has 4 nitrogen and oxygen atoms in total. The fraction of sp³-hybridized carbons (Fsp3) is 0.259. The molecule has 0 radical (unpaired) electrons. The van der Waals surface area contributed by atoms with Crippen LogP contribution in [0.3, 0.4) is 0 Å². The number of hydrogen-bond acceptors (Lipinski definition) is 0. The van der Waals surface area contributed by atoms with Gasteiger partial charge in [-0.2, -0.15) is 0 Å². The third-order valence-electron chi connectivity index (χ3n) is 27.2. The van der Waals surface area contributed by atoms with Crippen molar-refractivity contribution in [1.82, 2.24) is 18.3 Å². The van der Waals surface area contributed by atoms with Gasteiger partial charge in [-0.25, -0.2) is 0 Å². The third-order valence-corrected chi connectivity index (χ3v) is 27.2. The van der Waals surface area contributed by atoms with Crippen LogP contribution in [0.25, 0.3) is 88.4 Å². The Balaban J connectivity index is 0.0000000929. The Hall–Kier alpha value is -11.2. The van der Waals surface area contributed by atoms with Crippen LogP contribution >= 0.6 is 0 Å². The van der Waals surface area contributed by atoms with E-state index in [1.165, 1.54) is 217 Å². The van der Waals surface area contributed by atoms with E-state index in [1.54, 1.807) is 66.9 Å². The molecule has 0 fully saturated rings. The van der Waals surface area contributed by atoms with Crippen LogP contribution in [0.2, 0.25) is 0 Å². The lowest BCUT2D eigenvalue weighted by molar-refractivity contribution is 1.06. The fourth-order valence-corrected chi connectivity index (χ4v) is 19.9. The summed E-state index contributed by atoms with van der Waals surface area (Å²) in [5.74, 6) is 0. The van der Waals surface area contributed by atoms with Gasteiger partial charge in [-0.05, 0) is 309 Å². The van der Waals surface area contributed by atoms with Crippen molar-refractivity contribution in [2.45, 2.75) is 188 Å². The number of allylic oxidation sites excluding steroid dienone is 24. The largest absolute Gasteiger partial charge is 0.323 e. The van der Waals surface area contributed by atoms with Gasteiger partial charge in [-0.3, -0.25) is 0 Å². The Labute approximate surface area is 665 Å². The molecule has 112 heavy (non-hydrogen) atoms. The highest BCUT2D eigenvalue weighted by molar-refractivity contribution is 5.94. The molecule has 4 aromatic heterocycles. The molecule has 0 spiro atoms. The Morgan fingerprint density at radius 3 is 0.938 bits per heavy atom. The summed E-state index contributed by atoms with van der Waals surface area (Å²) in [6.45, 7) is 35.8. The van der Waals surface area contributed by atoms with Crippen LogP contribution < -0.4 is 0 Å². The van der Waals surface area contributed by atoms with Gasteiger partial charge in [0.25, 0.3) is 0 Å². The summed E-state index contributed by atoms with van der Waals surface area (Å²) >= 11 is 0. The smallest absolute Gasteiger partial charge is 0.0528 e. The molecule has 0 amide bonds. The lowest BCUT2D eigenvalue weighted by Crippen LogP contribution is -1.90. The van der Waals surface area contributed by atoms with Crippen LogP contribution in [0.4, 0.5) is 0 Å². The SMILES string of the molecule is CC1=C(C)C2=C(C1)Cc1ccccc12.CC1=C(C)C2=C(C1)Cc1ccccc12.CC1=C(C)C2=C(C1)c1ccccc1C2.CC1=C(C)C2=C(C1)c1ccccc1C2.CC1=C(C)n2c(cc3ccccc32)C1.CC1=C(C)n2c(cc3ccccc32)C1.CC1=C(C)n2cc3ccccc3c2C1.CC1=C(C)n2cc3ccccc3c2C1. The first kappa shape index (κ1) is 73.6. The number of rotatable bonds is 0. The van der Waals surface area contributed by atoms with Crippen LogP contribution in [0.5, 0.6) is 0 Å². The van der Waals surface area contributed by atoms with Gasteiger partial charge in [0.05, 0.1) is 11.0 Å². The number of nitrogens with zero attached hydrogens (tertiary/aromatic N) is 4. The Morgan fingerprint density at radius 2 is 0.545 bits per heavy atom. The molecule has 0 saturated heterocycles. The van der Waals surface area contributed by atoms with Crippen molar-refractivity contribution in [3.05, 3.63) is 375 Å². The average Bonchev–Trinajstić information content (AvgIpc) is 1.76. The highest BCUT2D eigenvalue weighted by Crippen LogP contribution is 2.50. The second kappa shape index (κ2) is 29.8. The van der Waals surface area contributed by atoms with Crippen molar-refractivity contribution in [3.63, 3.8) is 0 Å². The molecule has 0 unspecified atom stereocenters. The summed E-state index contributed by atoms with van der Waals surface area (Å²) < 4.78 is 9.43. The topological polar surface area (TPSA) is 19.7 Å². The molecule has 4 heteroatoms. The molecular formula is C108H108N4. The predicted octanol–water partition coefficient (Wildman–Crippen LogP) is 28.7. The Morgan fingerprint density at radius 1 is 0.232 bits per heavy atom. The molecular weight excluding hydrogens is 1350 g/mol. The molecule has 24 rings (SSSR count). The van der Waals surface area contributed by atoms with E-state index in [2.05, 4.69) is 348 Å². The van der Waals surface area contributed by atoms with E-state index < -0.39 is 0 Å². The first-order valence-corrected chi connectivity index (χ1v) is 41.1. The van der Waals surface area contributed by atoms with E-state index in [-0.39, 0.29) is 0 Å². The van der Waals surface area contributed by atoms with Gasteiger partial charge >= 0.3 is 0 Å². The Bertz CT molecular complexity index is 5990. The number of fused-ring (bicyclic) bond motifs is 20. The number of hydrogen-bond donors (Lipinski definition) is 0. The minimum atomic E-state index is 1.11. The first-order valence-electron chi connectivity index (χ1n) is 41.1. The van der Waals surface area contributed by atoms with Gasteiger partial charge in [0, 0.05) is 116 Å². The van der Waals surface area contributed by atoms with E-state index in [4.69, 9.17) is 0 Å². The number of benzene rings is 8. The number of para-hydroxylation sites is 2. The molecule has 12 aliphatic rings. The highest BCUT2D eigenvalue weighted by Gasteiger charge is 2.32. The monoisotopic (exact) mass is 1460 g/mol. The van der Waals surface area contributed by atoms with Crippen LogP contribution in [-0.4, -0.2) is 18.3 Å². The molecule has 12 aromatic rings. The van der Waals surface area contributed by atoms with E-state index >= 15 is 0 Å². The van der Waals surface area contributed by atoms with Crippen molar-refractivity contribution < 1.29 is 0 Å². The van der Waals surface area contributed by atoms with Gasteiger partial charge in [0.1, 0.15) is 0 Å². The zero-order valence-corrected chi connectivity index (χ0v) is 69.1.